The Morgan fingerprint density at radius 2 is 2.09 bits per heavy atom. The first-order valence-electron chi connectivity index (χ1n) is 8.91. The van der Waals surface area contributed by atoms with Crippen molar-refractivity contribution in [1.82, 2.24) is 20.6 Å². The minimum absolute atomic E-state index is 0.115. The molecule has 6 heteroatoms. The molecule has 1 aromatic rings. The monoisotopic (exact) mass is 315 g/mol. The highest BCUT2D eigenvalue weighted by Gasteiger charge is 2.31. The van der Waals surface area contributed by atoms with Crippen LogP contribution in [0.15, 0.2) is 12.3 Å². The average molecular weight is 315 g/mol. The maximum atomic E-state index is 12.3. The average Bonchev–Trinajstić information content (AvgIpc) is 3.24. The van der Waals surface area contributed by atoms with Crippen LogP contribution in [0.25, 0.3) is 0 Å². The van der Waals surface area contributed by atoms with Crippen molar-refractivity contribution in [2.45, 2.75) is 56.5 Å². The van der Waals surface area contributed by atoms with E-state index in [9.17, 15) is 4.79 Å². The molecule has 1 aliphatic heterocycles. The van der Waals surface area contributed by atoms with Gasteiger partial charge in [0.05, 0.1) is 0 Å². The Labute approximate surface area is 137 Å². The number of piperazine rings is 1. The summed E-state index contributed by atoms with van der Waals surface area (Å²) in [4.78, 5) is 23.7. The van der Waals surface area contributed by atoms with Crippen molar-refractivity contribution in [2.75, 3.05) is 24.5 Å². The minimum atomic E-state index is -0.164. The number of carbonyl (C=O) groups is 1. The molecule has 2 aliphatic carbocycles. The number of nitrogens with zero attached hydrogens (tertiary/aromatic N) is 3. The van der Waals surface area contributed by atoms with Crippen molar-refractivity contribution < 1.29 is 4.79 Å². The number of nitrogens with one attached hydrogen (secondary N) is 2. The van der Waals surface area contributed by atoms with Gasteiger partial charge in [0.2, 0.25) is 11.9 Å². The van der Waals surface area contributed by atoms with Gasteiger partial charge in [-0.3, -0.25) is 4.79 Å². The quantitative estimate of drug-likeness (QED) is 0.873. The maximum Gasteiger partial charge on any atom is 0.239 e. The number of hydrogen-bond donors (Lipinski definition) is 2. The molecular formula is C17H25N5O. The third-order valence-corrected chi connectivity index (χ3v) is 5.14. The summed E-state index contributed by atoms with van der Waals surface area (Å²) in [5.74, 6) is 1.48. The van der Waals surface area contributed by atoms with Crippen LogP contribution in [0.1, 0.15) is 50.1 Å². The van der Waals surface area contributed by atoms with E-state index in [2.05, 4.69) is 26.6 Å². The zero-order valence-electron chi connectivity index (χ0n) is 13.5. The molecule has 0 radical (unpaired) electrons. The van der Waals surface area contributed by atoms with Crippen molar-refractivity contribution in [2.24, 2.45) is 0 Å². The number of rotatable bonds is 4. The maximum absolute atomic E-state index is 12.3. The number of carbonyl (C=O) groups excluding carboxylic acids is 1. The largest absolute Gasteiger partial charge is 0.352 e. The summed E-state index contributed by atoms with van der Waals surface area (Å²) >= 11 is 0. The van der Waals surface area contributed by atoms with Crippen LogP contribution in [0.3, 0.4) is 0 Å². The van der Waals surface area contributed by atoms with Crippen LogP contribution in [0.4, 0.5) is 5.95 Å². The van der Waals surface area contributed by atoms with E-state index in [0.717, 1.165) is 31.9 Å². The second-order valence-corrected chi connectivity index (χ2v) is 7.00. The van der Waals surface area contributed by atoms with Gasteiger partial charge in [-0.25, -0.2) is 9.97 Å². The minimum Gasteiger partial charge on any atom is -0.352 e. The molecule has 1 aromatic heterocycles. The Bertz CT molecular complexity index is 568. The lowest BCUT2D eigenvalue weighted by atomic mass is 10.0. The van der Waals surface area contributed by atoms with Gasteiger partial charge < -0.3 is 15.5 Å². The Kier molecular flexibility index (Phi) is 4.16. The van der Waals surface area contributed by atoms with Crippen LogP contribution in [0.5, 0.6) is 0 Å². The van der Waals surface area contributed by atoms with E-state index >= 15 is 0 Å². The highest BCUT2D eigenvalue weighted by Crippen LogP contribution is 2.33. The molecule has 3 aliphatic rings. The van der Waals surface area contributed by atoms with E-state index in [1.807, 2.05) is 6.20 Å². The molecule has 6 nitrogen and oxygen atoms in total. The summed E-state index contributed by atoms with van der Waals surface area (Å²) in [5.41, 5.74) is 1.17. The molecule has 0 unspecified atom stereocenters. The summed E-state index contributed by atoms with van der Waals surface area (Å²) in [6.45, 7) is 2.29. The van der Waals surface area contributed by atoms with E-state index in [1.54, 1.807) is 0 Å². The van der Waals surface area contributed by atoms with Gasteiger partial charge in [0.15, 0.2) is 0 Å². The summed E-state index contributed by atoms with van der Waals surface area (Å²) in [5, 5.41) is 6.40. The highest BCUT2D eigenvalue weighted by molar-refractivity contribution is 5.83. The van der Waals surface area contributed by atoms with Gasteiger partial charge in [0.25, 0.3) is 0 Å². The molecule has 2 heterocycles. The van der Waals surface area contributed by atoms with E-state index in [-0.39, 0.29) is 11.9 Å². The van der Waals surface area contributed by atoms with Gasteiger partial charge in [0.1, 0.15) is 6.04 Å². The Morgan fingerprint density at radius 3 is 2.87 bits per heavy atom. The second kappa shape index (κ2) is 6.43. The fraction of sp³-hybridized carbons (Fsp3) is 0.706. The van der Waals surface area contributed by atoms with Gasteiger partial charge >= 0.3 is 0 Å². The summed E-state index contributed by atoms with van der Waals surface area (Å²) in [6, 6.07) is 2.30. The molecule has 1 atom stereocenters. The molecule has 1 saturated heterocycles. The van der Waals surface area contributed by atoms with E-state index < -0.39 is 0 Å². The Morgan fingerprint density at radius 1 is 1.26 bits per heavy atom. The van der Waals surface area contributed by atoms with Crippen molar-refractivity contribution >= 4 is 11.9 Å². The number of hydrogen-bond acceptors (Lipinski definition) is 5. The fourth-order valence-corrected chi connectivity index (χ4v) is 3.60. The highest BCUT2D eigenvalue weighted by atomic mass is 16.2. The molecular weight excluding hydrogens is 290 g/mol. The molecule has 2 N–H and O–H groups in total. The zero-order chi connectivity index (χ0) is 15.6. The van der Waals surface area contributed by atoms with Crippen LogP contribution in [0, 0.1) is 0 Å². The predicted molar refractivity (Wildman–Crippen MR) is 88.4 cm³/mol. The number of amides is 1. The molecule has 0 aromatic carbocycles. The third kappa shape index (κ3) is 3.47. The van der Waals surface area contributed by atoms with Gasteiger partial charge in [-0.2, -0.15) is 0 Å². The van der Waals surface area contributed by atoms with Crippen LogP contribution in [-0.2, 0) is 4.79 Å². The molecule has 0 bridgehead atoms. The standard InChI is InChI=1S/C17H25N5O/c23-16(20-13-5-6-13)15-11-22(10-9-18-15)17-19-8-7-14(21-17)12-3-1-2-4-12/h7-8,12-13,15,18H,1-6,9-11H2,(H,20,23)/t15-/m1/s1. The lowest BCUT2D eigenvalue weighted by Crippen LogP contribution is -2.57. The van der Waals surface area contributed by atoms with Crippen molar-refractivity contribution in [3.63, 3.8) is 0 Å². The topological polar surface area (TPSA) is 70.2 Å². The van der Waals surface area contributed by atoms with Gasteiger partial charge in [0, 0.05) is 43.5 Å². The molecule has 1 amide bonds. The summed E-state index contributed by atoms with van der Waals surface area (Å²) in [7, 11) is 0. The Hall–Kier alpha value is -1.69. The molecule has 23 heavy (non-hydrogen) atoms. The molecule has 2 saturated carbocycles. The van der Waals surface area contributed by atoms with Gasteiger partial charge in [-0.05, 0) is 31.7 Å². The lowest BCUT2D eigenvalue weighted by molar-refractivity contribution is -0.123. The SMILES string of the molecule is O=C(NC1CC1)[C@H]1CN(c2nccc(C3CCCC3)n2)CCN1. The molecule has 3 fully saturated rings. The van der Waals surface area contributed by atoms with Crippen LogP contribution >= 0.6 is 0 Å². The van der Waals surface area contributed by atoms with E-state index in [0.29, 0.717) is 18.5 Å². The van der Waals surface area contributed by atoms with Crippen molar-refractivity contribution in [3.05, 3.63) is 18.0 Å². The first kappa shape index (κ1) is 14.9. The summed E-state index contributed by atoms with van der Waals surface area (Å²) in [6.07, 6.45) is 9.21. The number of aromatic nitrogens is 2. The molecule has 124 valence electrons. The third-order valence-electron chi connectivity index (χ3n) is 5.14. The van der Waals surface area contributed by atoms with Crippen LogP contribution in [0.2, 0.25) is 0 Å². The normalized spacial score (nSPS) is 25.6. The zero-order valence-corrected chi connectivity index (χ0v) is 13.5. The smallest absolute Gasteiger partial charge is 0.239 e. The van der Waals surface area contributed by atoms with Crippen LogP contribution in [-0.4, -0.2) is 47.6 Å². The van der Waals surface area contributed by atoms with Crippen LogP contribution < -0.4 is 15.5 Å². The van der Waals surface area contributed by atoms with Crippen molar-refractivity contribution in [3.8, 4) is 0 Å². The molecule has 0 spiro atoms. The van der Waals surface area contributed by atoms with E-state index in [4.69, 9.17) is 4.98 Å². The first-order chi connectivity index (χ1) is 11.3. The first-order valence-corrected chi connectivity index (χ1v) is 8.91. The number of anilines is 1. The Balaban J connectivity index is 1.44. The lowest BCUT2D eigenvalue weighted by Gasteiger charge is -2.33. The predicted octanol–water partition coefficient (Wildman–Crippen LogP) is 1.19. The van der Waals surface area contributed by atoms with E-state index in [1.165, 1.54) is 31.4 Å². The van der Waals surface area contributed by atoms with Crippen molar-refractivity contribution in [1.29, 1.82) is 0 Å². The van der Waals surface area contributed by atoms with Gasteiger partial charge in [-0.15, -0.1) is 0 Å². The second-order valence-electron chi connectivity index (χ2n) is 7.00. The summed E-state index contributed by atoms with van der Waals surface area (Å²) < 4.78 is 0. The molecule has 4 rings (SSSR count). The van der Waals surface area contributed by atoms with Gasteiger partial charge in [-0.1, -0.05) is 12.8 Å². The fourth-order valence-electron chi connectivity index (χ4n) is 3.60.